The summed E-state index contributed by atoms with van der Waals surface area (Å²) in [4.78, 5) is 10.6. The first-order valence-electron chi connectivity index (χ1n) is 4.01. The predicted molar refractivity (Wildman–Crippen MR) is 52.9 cm³/mol. The highest BCUT2D eigenvalue weighted by Crippen LogP contribution is 2.28. The molecule has 0 saturated carbocycles. The summed E-state index contributed by atoms with van der Waals surface area (Å²) in [6.07, 6.45) is 0. The lowest BCUT2D eigenvalue weighted by Gasteiger charge is -1.94. The van der Waals surface area contributed by atoms with Crippen molar-refractivity contribution >= 4 is 28.5 Å². The smallest absolute Gasteiger partial charge is 0.371 e. The molecule has 4 heteroatoms. The number of benzene rings is 1. The van der Waals surface area contributed by atoms with Crippen LogP contribution in [0.15, 0.2) is 22.6 Å². The van der Waals surface area contributed by atoms with Crippen LogP contribution >= 0.6 is 11.6 Å². The number of aryl methyl sites for hydroxylation is 1. The summed E-state index contributed by atoms with van der Waals surface area (Å²) < 4.78 is 5.08. The molecule has 0 aliphatic carbocycles. The number of rotatable bonds is 1. The zero-order chi connectivity index (χ0) is 10.3. The van der Waals surface area contributed by atoms with Gasteiger partial charge in [-0.25, -0.2) is 4.79 Å². The van der Waals surface area contributed by atoms with Gasteiger partial charge in [-0.1, -0.05) is 11.6 Å². The Balaban J connectivity index is 2.76. The van der Waals surface area contributed by atoms with Crippen LogP contribution in [-0.2, 0) is 0 Å². The second-order valence-electron chi connectivity index (χ2n) is 3.08. The average Bonchev–Trinajstić information content (AvgIpc) is 2.47. The molecule has 2 rings (SSSR count). The Bertz CT molecular complexity index is 513. The van der Waals surface area contributed by atoms with Crippen LogP contribution in [0.1, 0.15) is 16.1 Å². The zero-order valence-electron chi connectivity index (χ0n) is 7.37. The Morgan fingerprint density at radius 3 is 2.79 bits per heavy atom. The van der Waals surface area contributed by atoms with E-state index in [1.54, 1.807) is 6.07 Å². The van der Waals surface area contributed by atoms with Crippen molar-refractivity contribution in [3.05, 3.63) is 34.5 Å². The van der Waals surface area contributed by atoms with Gasteiger partial charge in [-0.2, -0.15) is 0 Å². The Morgan fingerprint density at radius 2 is 2.14 bits per heavy atom. The van der Waals surface area contributed by atoms with Crippen molar-refractivity contribution in [1.82, 2.24) is 0 Å². The van der Waals surface area contributed by atoms with Gasteiger partial charge < -0.3 is 9.52 Å². The van der Waals surface area contributed by atoms with Gasteiger partial charge in [-0.05, 0) is 30.7 Å². The van der Waals surface area contributed by atoms with E-state index in [1.807, 2.05) is 13.0 Å². The average molecular weight is 211 g/mol. The first-order chi connectivity index (χ1) is 6.58. The monoisotopic (exact) mass is 210 g/mol. The molecule has 0 unspecified atom stereocenters. The third-order valence-electron chi connectivity index (χ3n) is 1.93. The largest absolute Gasteiger partial charge is 0.475 e. The molecular weight excluding hydrogens is 204 g/mol. The normalized spacial score (nSPS) is 10.7. The van der Waals surface area contributed by atoms with E-state index in [4.69, 9.17) is 21.1 Å². The van der Waals surface area contributed by atoms with Crippen molar-refractivity contribution in [2.75, 3.05) is 0 Å². The molecule has 1 aromatic heterocycles. The highest BCUT2D eigenvalue weighted by Gasteiger charge is 2.12. The predicted octanol–water partition coefficient (Wildman–Crippen LogP) is 3.09. The van der Waals surface area contributed by atoms with Crippen molar-refractivity contribution in [3.8, 4) is 0 Å². The Hall–Kier alpha value is -1.48. The van der Waals surface area contributed by atoms with Crippen molar-refractivity contribution in [2.24, 2.45) is 0 Å². The summed E-state index contributed by atoms with van der Waals surface area (Å²) in [6.45, 7) is 1.89. The van der Waals surface area contributed by atoms with Crippen LogP contribution in [0.25, 0.3) is 11.0 Å². The minimum absolute atomic E-state index is 0.0903. The van der Waals surface area contributed by atoms with E-state index in [-0.39, 0.29) is 5.76 Å². The Kier molecular flexibility index (Phi) is 1.97. The minimum Gasteiger partial charge on any atom is -0.475 e. The molecule has 0 aliphatic heterocycles. The molecule has 1 aromatic carbocycles. The van der Waals surface area contributed by atoms with Crippen LogP contribution < -0.4 is 0 Å². The van der Waals surface area contributed by atoms with Gasteiger partial charge >= 0.3 is 5.97 Å². The summed E-state index contributed by atoms with van der Waals surface area (Å²) in [5.74, 6) is -1.18. The van der Waals surface area contributed by atoms with E-state index in [0.29, 0.717) is 16.0 Å². The number of carboxylic acid groups (broad SMARTS) is 1. The van der Waals surface area contributed by atoms with Crippen molar-refractivity contribution in [1.29, 1.82) is 0 Å². The van der Waals surface area contributed by atoms with E-state index in [2.05, 4.69) is 0 Å². The second kappa shape index (κ2) is 3.03. The van der Waals surface area contributed by atoms with Gasteiger partial charge in [0.1, 0.15) is 0 Å². The minimum atomic E-state index is -1.09. The van der Waals surface area contributed by atoms with Crippen molar-refractivity contribution in [2.45, 2.75) is 6.92 Å². The molecule has 0 bridgehead atoms. The van der Waals surface area contributed by atoms with Crippen LogP contribution in [0.4, 0.5) is 0 Å². The SMILES string of the molecule is Cc1cc(Cl)c2oc(C(=O)O)cc2c1. The van der Waals surface area contributed by atoms with Crippen molar-refractivity contribution in [3.63, 3.8) is 0 Å². The van der Waals surface area contributed by atoms with E-state index in [9.17, 15) is 4.79 Å². The molecule has 14 heavy (non-hydrogen) atoms. The molecule has 1 N–H and O–H groups in total. The van der Waals surface area contributed by atoms with Gasteiger partial charge in [0.05, 0.1) is 5.02 Å². The maximum absolute atomic E-state index is 10.6. The molecule has 0 atom stereocenters. The van der Waals surface area contributed by atoms with Crippen LogP contribution in [-0.4, -0.2) is 11.1 Å². The molecule has 0 amide bonds. The summed E-state index contributed by atoms with van der Waals surface area (Å²) >= 11 is 5.89. The third-order valence-corrected chi connectivity index (χ3v) is 2.21. The summed E-state index contributed by atoms with van der Waals surface area (Å²) in [5, 5.41) is 9.86. The lowest BCUT2D eigenvalue weighted by Crippen LogP contribution is -1.91. The Labute approximate surface area is 84.9 Å². The summed E-state index contributed by atoms with van der Waals surface area (Å²) in [6, 6.07) is 5.03. The number of fused-ring (bicyclic) bond motifs is 1. The molecule has 3 nitrogen and oxygen atoms in total. The third kappa shape index (κ3) is 1.36. The molecular formula is C10H7ClO3. The maximum Gasteiger partial charge on any atom is 0.371 e. The van der Waals surface area contributed by atoms with Gasteiger partial charge in [0.25, 0.3) is 0 Å². The summed E-state index contributed by atoms with van der Waals surface area (Å²) in [5.41, 5.74) is 1.40. The molecule has 1 heterocycles. The van der Waals surface area contributed by atoms with Gasteiger partial charge in [0.2, 0.25) is 5.76 Å². The van der Waals surface area contributed by atoms with E-state index in [1.165, 1.54) is 6.07 Å². The number of aromatic carboxylic acids is 1. The lowest BCUT2D eigenvalue weighted by atomic mass is 10.2. The van der Waals surface area contributed by atoms with Crippen LogP contribution in [0.5, 0.6) is 0 Å². The van der Waals surface area contributed by atoms with Crippen LogP contribution in [0.3, 0.4) is 0 Å². The summed E-state index contributed by atoms with van der Waals surface area (Å²) in [7, 11) is 0. The topological polar surface area (TPSA) is 50.4 Å². The first-order valence-corrected chi connectivity index (χ1v) is 4.38. The number of hydrogen-bond acceptors (Lipinski definition) is 2. The molecule has 2 aromatic rings. The van der Waals surface area contributed by atoms with E-state index >= 15 is 0 Å². The molecule has 0 spiro atoms. The lowest BCUT2D eigenvalue weighted by molar-refractivity contribution is 0.0665. The van der Waals surface area contributed by atoms with Crippen molar-refractivity contribution < 1.29 is 14.3 Å². The van der Waals surface area contributed by atoms with Gasteiger partial charge in [-0.15, -0.1) is 0 Å². The van der Waals surface area contributed by atoms with E-state index in [0.717, 1.165) is 5.56 Å². The standard InChI is InChI=1S/C10H7ClO3/c1-5-2-6-4-8(10(12)13)14-9(6)7(11)3-5/h2-4H,1H3,(H,12,13). The number of furan rings is 1. The second-order valence-corrected chi connectivity index (χ2v) is 3.49. The Morgan fingerprint density at radius 1 is 1.43 bits per heavy atom. The van der Waals surface area contributed by atoms with Gasteiger partial charge in [0.15, 0.2) is 5.58 Å². The zero-order valence-corrected chi connectivity index (χ0v) is 8.13. The molecule has 0 aliphatic rings. The quantitative estimate of drug-likeness (QED) is 0.787. The molecule has 0 fully saturated rings. The number of hydrogen-bond donors (Lipinski definition) is 1. The van der Waals surface area contributed by atoms with Gasteiger partial charge in [-0.3, -0.25) is 0 Å². The molecule has 0 radical (unpaired) electrons. The number of halogens is 1. The maximum atomic E-state index is 10.6. The van der Waals surface area contributed by atoms with Crippen LogP contribution in [0, 0.1) is 6.92 Å². The van der Waals surface area contributed by atoms with E-state index < -0.39 is 5.97 Å². The number of carboxylic acids is 1. The fourth-order valence-electron chi connectivity index (χ4n) is 1.36. The fraction of sp³-hybridized carbons (Fsp3) is 0.100. The highest BCUT2D eigenvalue weighted by molar-refractivity contribution is 6.35. The fourth-order valence-corrected chi connectivity index (χ4v) is 1.68. The van der Waals surface area contributed by atoms with Crippen LogP contribution in [0.2, 0.25) is 5.02 Å². The van der Waals surface area contributed by atoms with Gasteiger partial charge in [0, 0.05) is 5.39 Å². The molecule has 0 saturated heterocycles. The highest BCUT2D eigenvalue weighted by atomic mass is 35.5. The first kappa shape index (κ1) is 9.09. The molecule has 72 valence electrons. The number of carbonyl (C=O) groups is 1.